The van der Waals surface area contributed by atoms with Gasteiger partial charge in [-0.05, 0) is 34.1 Å². The number of pyridine rings is 1. The van der Waals surface area contributed by atoms with Gasteiger partial charge in [0.15, 0.2) is 5.82 Å². The first-order valence-electron chi connectivity index (χ1n) is 4.99. The zero-order valence-corrected chi connectivity index (χ0v) is 10.7. The molecular weight excluding hydrogens is 299 g/mol. The van der Waals surface area contributed by atoms with Crippen LogP contribution in [0.1, 0.15) is 5.56 Å². The van der Waals surface area contributed by atoms with E-state index < -0.39 is 5.82 Å². The minimum absolute atomic E-state index is 0.190. The maximum atomic E-state index is 13.6. The zero-order chi connectivity index (χ0) is 13.1. The third-order valence-corrected chi connectivity index (χ3v) is 2.98. The van der Waals surface area contributed by atoms with E-state index >= 15 is 0 Å². The van der Waals surface area contributed by atoms with Crippen molar-refractivity contribution in [3.8, 4) is 6.07 Å². The van der Waals surface area contributed by atoms with Gasteiger partial charge in [-0.15, -0.1) is 0 Å². The quantitative estimate of drug-likeness (QED) is 0.893. The van der Waals surface area contributed by atoms with E-state index in [9.17, 15) is 4.39 Å². The summed E-state index contributed by atoms with van der Waals surface area (Å²) in [6, 6.07) is 8.02. The highest BCUT2D eigenvalue weighted by molar-refractivity contribution is 9.10. The lowest BCUT2D eigenvalue weighted by atomic mass is 10.2. The highest BCUT2D eigenvalue weighted by Gasteiger charge is 2.11. The van der Waals surface area contributed by atoms with Crippen LogP contribution in [0.25, 0.3) is 0 Å². The molecule has 0 fully saturated rings. The number of halogens is 2. The molecule has 3 N–H and O–H groups in total. The molecule has 0 saturated heterocycles. The van der Waals surface area contributed by atoms with Crippen LogP contribution < -0.4 is 11.1 Å². The topological polar surface area (TPSA) is 74.7 Å². The molecule has 0 bridgehead atoms. The Balaban J connectivity index is 2.44. The largest absolute Gasteiger partial charge is 0.395 e. The van der Waals surface area contributed by atoms with Crippen LogP contribution in [0.5, 0.6) is 0 Å². The Labute approximate surface area is 111 Å². The fourth-order valence-corrected chi connectivity index (χ4v) is 1.85. The number of hydrogen-bond acceptors (Lipinski definition) is 4. The van der Waals surface area contributed by atoms with Gasteiger partial charge >= 0.3 is 0 Å². The first-order valence-corrected chi connectivity index (χ1v) is 5.78. The zero-order valence-electron chi connectivity index (χ0n) is 9.11. The van der Waals surface area contributed by atoms with Crippen LogP contribution in [0.2, 0.25) is 0 Å². The molecule has 18 heavy (non-hydrogen) atoms. The molecule has 0 atom stereocenters. The minimum atomic E-state index is -0.437. The number of nitrogen functional groups attached to an aromatic ring is 1. The molecule has 4 nitrogen and oxygen atoms in total. The normalized spacial score (nSPS) is 9.83. The van der Waals surface area contributed by atoms with E-state index in [0.717, 1.165) is 0 Å². The molecule has 6 heteroatoms. The van der Waals surface area contributed by atoms with Gasteiger partial charge in [0, 0.05) is 10.7 Å². The summed E-state index contributed by atoms with van der Waals surface area (Å²) in [5.74, 6) is -0.187. The molecule has 0 aliphatic heterocycles. The van der Waals surface area contributed by atoms with E-state index in [1.165, 1.54) is 18.3 Å². The van der Waals surface area contributed by atoms with E-state index in [1.54, 1.807) is 12.1 Å². The van der Waals surface area contributed by atoms with Gasteiger partial charge in [-0.3, -0.25) is 0 Å². The second kappa shape index (κ2) is 5.02. The lowest BCUT2D eigenvalue weighted by Gasteiger charge is -2.11. The minimum Gasteiger partial charge on any atom is -0.395 e. The lowest BCUT2D eigenvalue weighted by molar-refractivity contribution is 0.631. The number of benzene rings is 1. The van der Waals surface area contributed by atoms with E-state index in [2.05, 4.69) is 26.2 Å². The molecule has 0 radical (unpaired) electrons. The third kappa shape index (κ3) is 2.26. The molecule has 1 aromatic heterocycles. The predicted molar refractivity (Wildman–Crippen MR) is 70.7 cm³/mol. The average Bonchev–Trinajstić information content (AvgIpc) is 2.36. The van der Waals surface area contributed by atoms with E-state index in [-0.39, 0.29) is 17.2 Å². The van der Waals surface area contributed by atoms with Crippen LogP contribution in [-0.4, -0.2) is 4.98 Å². The van der Waals surface area contributed by atoms with E-state index in [0.29, 0.717) is 10.0 Å². The second-order valence-electron chi connectivity index (χ2n) is 3.45. The van der Waals surface area contributed by atoms with E-state index in [4.69, 9.17) is 11.0 Å². The van der Waals surface area contributed by atoms with Crippen molar-refractivity contribution in [1.29, 1.82) is 5.26 Å². The summed E-state index contributed by atoms with van der Waals surface area (Å²) in [6.07, 6.45) is 1.44. The third-order valence-electron chi connectivity index (χ3n) is 2.32. The molecule has 1 aromatic carbocycles. The highest BCUT2D eigenvalue weighted by Crippen LogP contribution is 2.30. The Morgan fingerprint density at radius 3 is 2.83 bits per heavy atom. The van der Waals surface area contributed by atoms with Crippen molar-refractivity contribution in [3.63, 3.8) is 0 Å². The number of aromatic nitrogens is 1. The van der Waals surface area contributed by atoms with Crippen molar-refractivity contribution in [2.45, 2.75) is 0 Å². The number of nitrogens with one attached hydrogen (secondary N) is 1. The molecule has 0 aliphatic carbocycles. The van der Waals surface area contributed by atoms with Gasteiger partial charge in [0.05, 0.1) is 16.9 Å². The maximum absolute atomic E-state index is 13.6. The summed E-state index contributed by atoms with van der Waals surface area (Å²) < 4.78 is 14.2. The summed E-state index contributed by atoms with van der Waals surface area (Å²) in [7, 11) is 0. The highest BCUT2D eigenvalue weighted by atomic mass is 79.9. The smallest absolute Gasteiger partial charge is 0.155 e. The summed E-state index contributed by atoms with van der Waals surface area (Å²) >= 11 is 3.23. The Hall–Kier alpha value is -2.13. The van der Waals surface area contributed by atoms with Crippen molar-refractivity contribution in [2.75, 3.05) is 11.1 Å². The molecule has 0 spiro atoms. The number of nitrogens with zero attached hydrogens (tertiary/aromatic N) is 2. The van der Waals surface area contributed by atoms with Crippen molar-refractivity contribution in [3.05, 3.63) is 46.3 Å². The molecule has 1 heterocycles. The van der Waals surface area contributed by atoms with Crippen LogP contribution >= 0.6 is 15.9 Å². The van der Waals surface area contributed by atoms with Crippen LogP contribution in [0.3, 0.4) is 0 Å². The van der Waals surface area contributed by atoms with Gasteiger partial charge < -0.3 is 11.1 Å². The van der Waals surface area contributed by atoms with Gasteiger partial charge in [0.25, 0.3) is 0 Å². The number of anilines is 3. The van der Waals surface area contributed by atoms with Crippen LogP contribution in [0.4, 0.5) is 21.6 Å². The standard InChI is InChI=1S/C12H8BrFN4/c13-8-2-1-3-9(14)11(8)18-12-10(16)7(6-15)4-5-17-12/h1-5H,16H2,(H,17,18). The Morgan fingerprint density at radius 2 is 2.17 bits per heavy atom. The fraction of sp³-hybridized carbons (Fsp3) is 0. The molecule has 0 amide bonds. The average molecular weight is 307 g/mol. The first-order chi connectivity index (χ1) is 8.63. The maximum Gasteiger partial charge on any atom is 0.155 e. The molecule has 0 aliphatic rings. The molecule has 0 unspecified atom stereocenters. The molecule has 2 rings (SSSR count). The summed E-state index contributed by atoms with van der Waals surface area (Å²) in [5.41, 5.74) is 6.47. The van der Waals surface area contributed by atoms with Crippen molar-refractivity contribution in [2.24, 2.45) is 0 Å². The monoisotopic (exact) mass is 306 g/mol. The number of hydrogen-bond donors (Lipinski definition) is 2. The molecule has 90 valence electrons. The van der Waals surface area contributed by atoms with E-state index in [1.807, 2.05) is 6.07 Å². The number of rotatable bonds is 2. The van der Waals surface area contributed by atoms with Crippen LogP contribution in [0, 0.1) is 17.1 Å². The van der Waals surface area contributed by atoms with Gasteiger partial charge in [0.1, 0.15) is 11.9 Å². The van der Waals surface area contributed by atoms with Crippen molar-refractivity contribution < 1.29 is 4.39 Å². The summed E-state index contributed by atoms with van der Waals surface area (Å²) in [6.45, 7) is 0. The van der Waals surface area contributed by atoms with Gasteiger partial charge in [-0.1, -0.05) is 6.07 Å². The predicted octanol–water partition coefficient (Wildman–Crippen LogP) is 3.18. The van der Waals surface area contributed by atoms with Crippen LogP contribution in [0.15, 0.2) is 34.9 Å². The molecule has 0 saturated carbocycles. The van der Waals surface area contributed by atoms with Crippen molar-refractivity contribution >= 4 is 33.1 Å². The number of nitriles is 1. The first kappa shape index (κ1) is 12.3. The van der Waals surface area contributed by atoms with Crippen molar-refractivity contribution in [1.82, 2.24) is 4.98 Å². The SMILES string of the molecule is N#Cc1ccnc(Nc2c(F)cccc2Br)c1N. The Morgan fingerprint density at radius 1 is 1.39 bits per heavy atom. The Bertz CT molecular complexity index is 616. The lowest BCUT2D eigenvalue weighted by Crippen LogP contribution is -2.03. The fourth-order valence-electron chi connectivity index (χ4n) is 1.41. The van der Waals surface area contributed by atoms with Gasteiger partial charge in [0.2, 0.25) is 0 Å². The van der Waals surface area contributed by atoms with Gasteiger partial charge in [-0.2, -0.15) is 5.26 Å². The summed E-state index contributed by atoms with van der Waals surface area (Å²) in [4.78, 5) is 3.99. The van der Waals surface area contributed by atoms with Crippen LogP contribution in [-0.2, 0) is 0 Å². The number of para-hydroxylation sites is 1. The molecular formula is C12H8BrFN4. The second-order valence-corrected chi connectivity index (χ2v) is 4.31. The Kier molecular flexibility index (Phi) is 3.44. The molecule has 2 aromatic rings. The van der Waals surface area contributed by atoms with Gasteiger partial charge in [-0.25, -0.2) is 9.37 Å². The number of nitrogens with two attached hydrogens (primary N) is 1. The summed E-state index contributed by atoms with van der Waals surface area (Å²) in [5, 5.41) is 11.6.